The highest BCUT2D eigenvalue weighted by Gasteiger charge is 1.93. The molecule has 0 radical (unpaired) electrons. The van der Waals surface area contributed by atoms with E-state index >= 15 is 0 Å². The van der Waals surface area contributed by atoms with Gasteiger partial charge in [0.15, 0.2) is 0 Å². The second-order valence-corrected chi connectivity index (χ2v) is 1.45. The highest BCUT2D eigenvalue weighted by molar-refractivity contribution is 7.30. The Morgan fingerprint density at radius 2 is 1.67 bits per heavy atom. The summed E-state index contributed by atoms with van der Waals surface area (Å²) in [4.78, 5) is 23.8. The molecule has 5 nitrogen and oxygen atoms in total. The molecule has 0 saturated carbocycles. The van der Waals surface area contributed by atoms with E-state index < -0.39 is 8.25 Å². The van der Waals surface area contributed by atoms with Gasteiger partial charge in [-0.05, 0) is 0 Å². The normalized spacial score (nSPS) is 6.67. The minimum Gasteiger partial charge on any atom is -0.469 e. The number of esters is 1. The van der Waals surface area contributed by atoms with Gasteiger partial charge >= 0.3 is 14.2 Å². The van der Waals surface area contributed by atoms with Gasteiger partial charge < -0.3 is 4.74 Å². The molecule has 0 saturated heterocycles. The van der Waals surface area contributed by atoms with Crippen LogP contribution in [-0.2, 0) is 14.1 Å². The minimum atomic E-state index is -2.87. The zero-order chi connectivity index (χ0) is 7.86. The SMILES string of the molecule is COC(C)=O.O=[P+](O)O. The predicted octanol–water partition coefficient (Wildman–Crippen LogP) is -0.192. The fourth-order valence-electron chi connectivity index (χ4n) is 0. The Hall–Kier alpha value is -0.510. The lowest BCUT2D eigenvalue weighted by atomic mass is 10.8. The molecule has 0 aliphatic heterocycles. The average Bonchev–Trinajstić information content (AvgIpc) is 1.65. The van der Waals surface area contributed by atoms with E-state index in [1.54, 1.807) is 0 Å². The molecule has 0 aromatic carbocycles. The summed E-state index contributed by atoms with van der Waals surface area (Å²) in [5, 5.41) is 0. The summed E-state index contributed by atoms with van der Waals surface area (Å²) >= 11 is 0. The number of hydrogen-bond acceptors (Lipinski definition) is 3. The molecule has 9 heavy (non-hydrogen) atoms. The average molecular weight is 155 g/mol. The highest BCUT2D eigenvalue weighted by Crippen LogP contribution is 1.98. The molecule has 0 heterocycles. The fraction of sp³-hybridized carbons (Fsp3) is 0.667. The van der Waals surface area contributed by atoms with Crippen LogP contribution in [-0.4, -0.2) is 22.9 Å². The summed E-state index contributed by atoms with van der Waals surface area (Å²) in [6, 6.07) is 0. The van der Waals surface area contributed by atoms with Crippen molar-refractivity contribution in [2.45, 2.75) is 6.92 Å². The highest BCUT2D eigenvalue weighted by atomic mass is 31.1. The van der Waals surface area contributed by atoms with Gasteiger partial charge in [-0.25, -0.2) is 0 Å². The lowest BCUT2D eigenvalue weighted by Gasteiger charge is -1.80. The molecular formula is C3H8O5P+. The zero-order valence-electron chi connectivity index (χ0n) is 5.07. The van der Waals surface area contributed by atoms with Gasteiger partial charge in [0.25, 0.3) is 0 Å². The Bertz CT molecular complexity index is 96.4. The van der Waals surface area contributed by atoms with Crippen molar-refractivity contribution < 1.29 is 23.9 Å². The Kier molecular flexibility index (Phi) is 9.41. The first-order chi connectivity index (χ1) is 4.00. The largest absolute Gasteiger partial charge is 0.692 e. The first-order valence-electron chi connectivity index (χ1n) is 1.90. The number of carbonyl (C=O) groups excluding carboxylic acids is 1. The Morgan fingerprint density at radius 1 is 1.56 bits per heavy atom. The molecule has 0 aromatic heterocycles. The fourth-order valence-corrected chi connectivity index (χ4v) is 0. The van der Waals surface area contributed by atoms with Gasteiger partial charge in [-0.2, -0.15) is 0 Å². The van der Waals surface area contributed by atoms with Crippen molar-refractivity contribution in [1.82, 2.24) is 0 Å². The second kappa shape index (κ2) is 7.49. The molecular weight excluding hydrogens is 147 g/mol. The summed E-state index contributed by atoms with van der Waals surface area (Å²) in [5.74, 6) is -0.245. The van der Waals surface area contributed by atoms with E-state index in [0.717, 1.165) is 0 Å². The van der Waals surface area contributed by atoms with Gasteiger partial charge in [0, 0.05) is 11.5 Å². The first-order valence-corrected chi connectivity index (χ1v) is 3.06. The van der Waals surface area contributed by atoms with Crippen molar-refractivity contribution in [1.29, 1.82) is 0 Å². The molecule has 6 heteroatoms. The molecule has 0 unspecified atom stereocenters. The Balaban J connectivity index is 0. The molecule has 2 N–H and O–H groups in total. The van der Waals surface area contributed by atoms with Crippen molar-refractivity contribution in [3.63, 3.8) is 0 Å². The van der Waals surface area contributed by atoms with Crippen molar-refractivity contribution >= 4 is 14.2 Å². The molecule has 0 spiro atoms. The van der Waals surface area contributed by atoms with E-state index in [1.165, 1.54) is 14.0 Å². The van der Waals surface area contributed by atoms with Gasteiger partial charge in [0.2, 0.25) is 0 Å². The second-order valence-electron chi connectivity index (χ2n) is 0.948. The van der Waals surface area contributed by atoms with Gasteiger partial charge in [-0.15, -0.1) is 9.79 Å². The van der Waals surface area contributed by atoms with Crippen molar-refractivity contribution in [2.24, 2.45) is 0 Å². The van der Waals surface area contributed by atoms with Crippen LogP contribution in [0.25, 0.3) is 0 Å². The van der Waals surface area contributed by atoms with Crippen LogP contribution in [0.1, 0.15) is 6.92 Å². The van der Waals surface area contributed by atoms with Gasteiger partial charge in [-0.3, -0.25) is 4.79 Å². The quantitative estimate of drug-likeness (QED) is 0.374. The Morgan fingerprint density at radius 3 is 1.67 bits per heavy atom. The summed E-state index contributed by atoms with van der Waals surface area (Å²) in [6.07, 6.45) is 0. The smallest absolute Gasteiger partial charge is 0.469 e. The molecule has 0 fully saturated rings. The van der Waals surface area contributed by atoms with Crippen LogP contribution < -0.4 is 0 Å². The van der Waals surface area contributed by atoms with Crippen LogP contribution in [0.4, 0.5) is 0 Å². The van der Waals surface area contributed by atoms with Crippen molar-refractivity contribution in [3.05, 3.63) is 0 Å². The lowest BCUT2D eigenvalue weighted by molar-refractivity contribution is -0.137. The lowest BCUT2D eigenvalue weighted by Crippen LogP contribution is -1.88. The van der Waals surface area contributed by atoms with E-state index in [1.807, 2.05) is 0 Å². The Labute approximate surface area is 53.2 Å². The summed E-state index contributed by atoms with van der Waals surface area (Å²) in [6.45, 7) is 1.36. The van der Waals surface area contributed by atoms with Crippen LogP contribution in [0, 0.1) is 0 Å². The van der Waals surface area contributed by atoms with Crippen molar-refractivity contribution in [3.8, 4) is 0 Å². The molecule has 0 aromatic rings. The third-order valence-corrected chi connectivity index (χ3v) is 0.287. The molecule has 0 aliphatic carbocycles. The number of ether oxygens (including phenoxy) is 1. The first kappa shape index (κ1) is 11.3. The third kappa shape index (κ3) is 102. The molecule has 0 atom stereocenters. The van der Waals surface area contributed by atoms with Gasteiger partial charge in [0.05, 0.1) is 7.11 Å². The van der Waals surface area contributed by atoms with Crippen LogP contribution in [0.2, 0.25) is 0 Å². The number of carbonyl (C=O) groups is 1. The van der Waals surface area contributed by atoms with Crippen LogP contribution in [0.15, 0.2) is 0 Å². The van der Waals surface area contributed by atoms with E-state index in [2.05, 4.69) is 4.74 Å². The standard InChI is InChI=1S/C3H6O2.HO3P/c1-3(4)5-2;1-4(2)3/h1-2H3;(H-,1,2,3)/p+1. The topological polar surface area (TPSA) is 83.8 Å². The van der Waals surface area contributed by atoms with Gasteiger partial charge in [-0.1, -0.05) is 0 Å². The maximum Gasteiger partial charge on any atom is 0.692 e. The van der Waals surface area contributed by atoms with Crippen molar-refractivity contribution in [2.75, 3.05) is 7.11 Å². The zero-order valence-corrected chi connectivity index (χ0v) is 5.96. The molecule has 0 aliphatic rings. The third-order valence-electron chi connectivity index (χ3n) is 0.287. The van der Waals surface area contributed by atoms with Crippen LogP contribution in [0.3, 0.4) is 0 Å². The minimum absolute atomic E-state index is 0.245. The number of methoxy groups -OCH3 is 1. The van der Waals surface area contributed by atoms with E-state index in [9.17, 15) is 4.79 Å². The van der Waals surface area contributed by atoms with E-state index in [4.69, 9.17) is 14.4 Å². The van der Waals surface area contributed by atoms with Gasteiger partial charge in [0.1, 0.15) is 0 Å². The molecule has 54 valence electrons. The molecule has 0 rings (SSSR count). The maximum atomic E-state index is 9.59. The summed E-state index contributed by atoms with van der Waals surface area (Å²) in [5.41, 5.74) is 0. The van der Waals surface area contributed by atoms with Crippen LogP contribution in [0.5, 0.6) is 0 Å². The van der Waals surface area contributed by atoms with Crippen LogP contribution >= 0.6 is 8.25 Å². The summed E-state index contributed by atoms with van der Waals surface area (Å²) < 4.78 is 12.8. The van der Waals surface area contributed by atoms with E-state index in [0.29, 0.717) is 0 Å². The molecule has 0 amide bonds. The molecule has 0 bridgehead atoms. The number of hydrogen-bond donors (Lipinski definition) is 2. The monoisotopic (exact) mass is 155 g/mol. The summed E-state index contributed by atoms with van der Waals surface area (Å²) in [7, 11) is -1.52. The maximum absolute atomic E-state index is 9.59. The number of rotatable bonds is 0. The predicted molar refractivity (Wildman–Crippen MR) is 29.7 cm³/mol. The van der Waals surface area contributed by atoms with E-state index in [-0.39, 0.29) is 5.97 Å².